The van der Waals surface area contributed by atoms with E-state index in [4.69, 9.17) is 28.3 Å². The van der Waals surface area contributed by atoms with Crippen molar-refractivity contribution in [1.82, 2.24) is 14.9 Å². The molecule has 1 saturated heterocycles. The predicted molar refractivity (Wildman–Crippen MR) is 109 cm³/mol. The summed E-state index contributed by atoms with van der Waals surface area (Å²) in [4.78, 5) is 22.6. The Labute approximate surface area is 181 Å². The Kier molecular flexibility index (Phi) is 6.99. The Bertz CT molecular complexity index is 913. The van der Waals surface area contributed by atoms with E-state index in [0.29, 0.717) is 28.7 Å². The third kappa shape index (κ3) is 5.31. The molecule has 2 heterocycles. The number of hydrogen-bond acceptors (Lipinski definition) is 6. The molecule has 0 spiro atoms. The fourth-order valence-corrected chi connectivity index (χ4v) is 3.60. The Morgan fingerprint density at radius 3 is 2.57 bits per heavy atom. The highest BCUT2D eigenvalue weighted by atomic mass is 35.5. The monoisotopic (exact) mass is 461 g/mol. The zero-order valence-electron chi connectivity index (χ0n) is 15.9. The van der Waals surface area contributed by atoms with E-state index in [1.807, 2.05) is 0 Å². The van der Waals surface area contributed by atoms with Gasteiger partial charge >= 0.3 is 12.7 Å². The summed E-state index contributed by atoms with van der Waals surface area (Å²) in [5.74, 6) is 0.132. The second kappa shape index (κ2) is 9.48. The minimum absolute atomic E-state index is 0.0690. The van der Waals surface area contributed by atoms with E-state index in [1.54, 1.807) is 30.0 Å². The van der Waals surface area contributed by atoms with Gasteiger partial charge in [-0.2, -0.15) is 13.8 Å². The summed E-state index contributed by atoms with van der Waals surface area (Å²) < 4.78 is 30.2. The van der Waals surface area contributed by atoms with Crippen molar-refractivity contribution < 1.29 is 23.4 Å². The largest absolute Gasteiger partial charge is 0.465 e. The third-order valence-corrected chi connectivity index (χ3v) is 5.14. The minimum atomic E-state index is -3.05. The van der Waals surface area contributed by atoms with Gasteiger partial charge in [-0.3, -0.25) is 0 Å². The number of nitrogens with one attached hydrogen (secondary N) is 1. The minimum Gasteiger partial charge on any atom is -0.465 e. The molecule has 30 heavy (non-hydrogen) atoms. The summed E-state index contributed by atoms with van der Waals surface area (Å²) in [5.41, 5.74) is 0.694. The Hall–Kier alpha value is -2.59. The van der Waals surface area contributed by atoms with Crippen LogP contribution < -0.4 is 15.0 Å². The van der Waals surface area contributed by atoms with Gasteiger partial charge in [-0.1, -0.05) is 29.3 Å². The lowest BCUT2D eigenvalue weighted by molar-refractivity contribution is -0.0498. The van der Waals surface area contributed by atoms with Crippen LogP contribution in [0.2, 0.25) is 10.0 Å². The van der Waals surface area contributed by atoms with Crippen LogP contribution >= 0.6 is 23.2 Å². The lowest BCUT2D eigenvalue weighted by atomic mass is 10.1. The lowest BCUT2D eigenvalue weighted by Crippen LogP contribution is -2.48. The van der Waals surface area contributed by atoms with Crippen LogP contribution in [-0.4, -0.2) is 58.9 Å². The molecular formula is C18H19Cl2F2N5O3. The number of benzene rings is 1. The van der Waals surface area contributed by atoms with Crippen molar-refractivity contribution >= 4 is 41.1 Å². The van der Waals surface area contributed by atoms with Gasteiger partial charge < -0.3 is 25.0 Å². The van der Waals surface area contributed by atoms with Crippen molar-refractivity contribution in [3.05, 3.63) is 40.0 Å². The highest BCUT2D eigenvalue weighted by Gasteiger charge is 2.24. The number of amides is 1. The van der Waals surface area contributed by atoms with Gasteiger partial charge in [-0.25, -0.2) is 9.78 Å². The first-order valence-electron chi connectivity index (χ1n) is 9.00. The molecule has 162 valence electrons. The Balaban J connectivity index is 1.83. The van der Waals surface area contributed by atoms with Crippen LogP contribution in [-0.2, 0) is 0 Å². The van der Waals surface area contributed by atoms with Crippen molar-refractivity contribution in [2.24, 2.45) is 0 Å². The number of alkyl halides is 2. The van der Waals surface area contributed by atoms with Crippen LogP contribution in [0.1, 0.15) is 18.5 Å². The Morgan fingerprint density at radius 2 is 1.97 bits per heavy atom. The van der Waals surface area contributed by atoms with Crippen molar-refractivity contribution in [3.8, 4) is 5.75 Å². The Morgan fingerprint density at radius 1 is 1.27 bits per heavy atom. The molecule has 1 atom stereocenters. The van der Waals surface area contributed by atoms with E-state index in [1.165, 1.54) is 4.90 Å². The molecule has 2 aromatic rings. The van der Waals surface area contributed by atoms with Gasteiger partial charge in [0.25, 0.3) is 0 Å². The molecule has 3 rings (SSSR count). The predicted octanol–water partition coefficient (Wildman–Crippen LogP) is 4.36. The molecule has 0 unspecified atom stereocenters. The summed E-state index contributed by atoms with van der Waals surface area (Å²) in [7, 11) is 0. The number of piperazine rings is 1. The molecule has 8 nitrogen and oxygen atoms in total. The molecule has 1 aliphatic heterocycles. The van der Waals surface area contributed by atoms with Crippen LogP contribution in [0.3, 0.4) is 0 Å². The zero-order valence-corrected chi connectivity index (χ0v) is 17.4. The van der Waals surface area contributed by atoms with E-state index in [-0.39, 0.29) is 30.6 Å². The fourth-order valence-electron chi connectivity index (χ4n) is 3.03. The van der Waals surface area contributed by atoms with E-state index in [0.717, 1.165) is 6.20 Å². The zero-order chi connectivity index (χ0) is 21.8. The summed E-state index contributed by atoms with van der Waals surface area (Å²) in [6.45, 7) is 0.0580. The van der Waals surface area contributed by atoms with Crippen molar-refractivity contribution in [2.45, 2.75) is 19.6 Å². The molecule has 1 fully saturated rings. The highest BCUT2D eigenvalue weighted by Crippen LogP contribution is 2.32. The topological polar surface area (TPSA) is 90.8 Å². The number of anilines is 2. The normalized spacial score (nSPS) is 15.3. The summed E-state index contributed by atoms with van der Waals surface area (Å²) in [6, 6.07) is 4.58. The average Bonchev–Trinajstić information content (AvgIpc) is 2.69. The molecule has 0 saturated carbocycles. The maximum absolute atomic E-state index is 12.8. The van der Waals surface area contributed by atoms with Gasteiger partial charge in [0.05, 0.1) is 12.2 Å². The maximum Gasteiger partial charge on any atom is 0.407 e. The number of hydrogen-bond donors (Lipinski definition) is 2. The van der Waals surface area contributed by atoms with E-state index >= 15 is 0 Å². The van der Waals surface area contributed by atoms with E-state index in [9.17, 15) is 13.6 Å². The number of halogens is 4. The number of aromatic nitrogens is 2. The van der Waals surface area contributed by atoms with E-state index < -0.39 is 18.7 Å². The average molecular weight is 462 g/mol. The second-order valence-corrected chi connectivity index (χ2v) is 7.39. The third-order valence-electron chi connectivity index (χ3n) is 4.57. The number of ether oxygens (including phenoxy) is 1. The van der Waals surface area contributed by atoms with Gasteiger partial charge in [-0.05, 0) is 24.6 Å². The lowest BCUT2D eigenvalue weighted by Gasteiger charge is -2.33. The van der Waals surface area contributed by atoms with Gasteiger partial charge in [-0.15, -0.1) is 0 Å². The molecular weight excluding hydrogens is 443 g/mol. The number of carboxylic acid groups (broad SMARTS) is 1. The first-order valence-corrected chi connectivity index (χ1v) is 9.76. The van der Waals surface area contributed by atoms with Crippen molar-refractivity contribution in [2.75, 3.05) is 36.4 Å². The highest BCUT2D eigenvalue weighted by molar-refractivity contribution is 6.35. The molecule has 1 amide bonds. The van der Waals surface area contributed by atoms with Crippen molar-refractivity contribution in [1.29, 1.82) is 0 Å². The molecule has 1 aliphatic rings. The number of nitrogens with zero attached hydrogens (tertiary/aromatic N) is 4. The van der Waals surface area contributed by atoms with Crippen molar-refractivity contribution in [3.63, 3.8) is 0 Å². The smallest absolute Gasteiger partial charge is 0.407 e. The number of carbonyl (C=O) groups is 1. The van der Waals surface area contributed by atoms with Crippen LogP contribution in [0, 0.1) is 0 Å². The quantitative estimate of drug-likeness (QED) is 0.660. The molecule has 12 heteroatoms. The summed E-state index contributed by atoms with van der Waals surface area (Å²) >= 11 is 12.2. The van der Waals surface area contributed by atoms with Gasteiger partial charge in [0.1, 0.15) is 0 Å². The molecule has 0 radical (unpaired) electrons. The van der Waals surface area contributed by atoms with Gasteiger partial charge in [0.15, 0.2) is 11.6 Å². The van der Waals surface area contributed by atoms with Crippen LogP contribution in [0.4, 0.5) is 25.3 Å². The molecule has 1 aromatic heterocycles. The standard InChI is InChI=1S/C18H19Cl2F2N5O3/c1-10(12-3-2-11(19)8-13(12)20)24-15-14(30-16(21)22)9-23-17(25-15)26-4-6-27(7-5-26)18(28)29/h2-3,8-10,16H,4-7H2,1H3,(H,28,29)(H,23,24,25)/t10-/m1/s1. The van der Waals surface area contributed by atoms with Gasteiger partial charge in [0, 0.05) is 36.2 Å². The molecule has 0 bridgehead atoms. The van der Waals surface area contributed by atoms with Gasteiger partial charge in [0.2, 0.25) is 5.95 Å². The van der Waals surface area contributed by atoms with Crippen LogP contribution in [0.5, 0.6) is 5.75 Å². The first-order chi connectivity index (χ1) is 14.2. The van der Waals surface area contributed by atoms with E-state index in [2.05, 4.69) is 20.0 Å². The fraction of sp³-hybridized carbons (Fsp3) is 0.389. The first kappa shape index (κ1) is 22.1. The molecule has 0 aliphatic carbocycles. The summed E-state index contributed by atoms with van der Waals surface area (Å²) in [6.07, 6.45) is 0.170. The van der Waals surface area contributed by atoms with Crippen LogP contribution in [0.15, 0.2) is 24.4 Å². The second-order valence-electron chi connectivity index (χ2n) is 6.55. The number of rotatable bonds is 6. The summed E-state index contributed by atoms with van der Waals surface area (Å²) in [5, 5.41) is 13.0. The molecule has 2 N–H and O–H groups in total. The SMILES string of the molecule is C[C@@H](Nc1nc(N2CCN(C(=O)O)CC2)ncc1OC(F)F)c1ccc(Cl)cc1Cl. The molecule has 1 aromatic carbocycles. The maximum atomic E-state index is 12.8. The van der Waals surface area contributed by atoms with Crippen LogP contribution in [0.25, 0.3) is 0 Å².